The molecule has 2 rings (SSSR count). The molecule has 1 aliphatic rings. The van der Waals surface area contributed by atoms with E-state index in [1.54, 1.807) is 4.68 Å². The van der Waals surface area contributed by atoms with Crippen LogP contribution in [0.25, 0.3) is 0 Å². The van der Waals surface area contributed by atoms with Crippen LogP contribution in [0.3, 0.4) is 0 Å². The van der Waals surface area contributed by atoms with Crippen molar-refractivity contribution in [3.8, 4) is 0 Å². The molecule has 2 atom stereocenters. The maximum absolute atomic E-state index is 5.93. The number of morpholine rings is 1. The number of hydrogen-bond donors (Lipinski definition) is 1. The van der Waals surface area contributed by atoms with Crippen LogP contribution in [-0.4, -0.2) is 65.3 Å². The van der Waals surface area contributed by atoms with Gasteiger partial charge in [0.05, 0.1) is 18.4 Å². The summed E-state index contributed by atoms with van der Waals surface area (Å²) in [5.74, 6) is 0. The van der Waals surface area contributed by atoms with Crippen LogP contribution in [0.4, 0.5) is 0 Å². The molecular weight excluding hydrogens is 242 g/mol. The fourth-order valence-corrected chi connectivity index (χ4v) is 2.43. The van der Waals surface area contributed by atoms with E-state index in [0.717, 1.165) is 44.8 Å². The van der Waals surface area contributed by atoms with Crippen LogP contribution >= 0.6 is 0 Å². The van der Waals surface area contributed by atoms with Crippen molar-refractivity contribution in [3.05, 3.63) is 11.9 Å². The SMILES string of the molecule is CCCNC(Cc1cn(C)nn1)C1CN(C)CCO1. The zero-order valence-electron chi connectivity index (χ0n) is 12.2. The number of nitrogens with zero attached hydrogens (tertiary/aromatic N) is 4. The van der Waals surface area contributed by atoms with Crippen molar-refractivity contribution in [3.63, 3.8) is 0 Å². The molecule has 6 heteroatoms. The molecule has 0 radical (unpaired) electrons. The largest absolute Gasteiger partial charge is 0.374 e. The third-order valence-electron chi connectivity index (χ3n) is 3.48. The van der Waals surface area contributed by atoms with Gasteiger partial charge in [0, 0.05) is 38.8 Å². The summed E-state index contributed by atoms with van der Waals surface area (Å²) >= 11 is 0. The highest BCUT2D eigenvalue weighted by molar-refractivity contribution is 4.98. The number of aryl methyl sites for hydroxylation is 1. The molecule has 0 aliphatic carbocycles. The van der Waals surface area contributed by atoms with Crippen LogP contribution in [0.1, 0.15) is 19.0 Å². The summed E-state index contributed by atoms with van der Waals surface area (Å²) in [6.45, 7) is 5.99. The summed E-state index contributed by atoms with van der Waals surface area (Å²) in [5, 5.41) is 11.8. The summed E-state index contributed by atoms with van der Waals surface area (Å²) in [6.07, 6.45) is 4.20. The number of likely N-dealkylation sites (N-methyl/N-ethyl adjacent to an activating group) is 1. The minimum absolute atomic E-state index is 0.229. The monoisotopic (exact) mass is 267 g/mol. The third-order valence-corrected chi connectivity index (χ3v) is 3.48. The zero-order chi connectivity index (χ0) is 13.7. The van der Waals surface area contributed by atoms with Crippen molar-refractivity contribution in [2.45, 2.75) is 31.9 Å². The predicted molar refractivity (Wildman–Crippen MR) is 74.0 cm³/mol. The van der Waals surface area contributed by atoms with E-state index in [2.05, 4.69) is 34.5 Å². The molecule has 2 unspecified atom stereocenters. The second-order valence-electron chi connectivity index (χ2n) is 5.32. The summed E-state index contributed by atoms with van der Waals surface area (Å²) in [4.78, 5) is 2.32. The molecule has 19 heavy (non-hydrogen) atoms. The minimum Gasteiger partial charge on any atom is -0.374 e. The lowest BCUT2D eigenvalue weighted by Gasteiger charge is -2.35. The number of nitrogens with one attached hydrogen (secondary N) is 1. The van der Waals surface area contributed by atoms with Gasteiger partial charge in [-0.3, -0.25) is 4.68 Å². The number of rotatable bonds is 6. The first-order chi connectivity index (χ1) is 9.19. The van der Waals surface area contributed by atoms with Gasteiger partial charge in [0.15, 0.2) is 0 Å². The first kappa shape index (κ1) is 14.4. The minimum atomic E-state index is 0.229. The summed E-state index contributed by atoms with van der Waals surface area (Å²) < 4.78 is 7.68. The molecule has 1 aromatic heterocycles. The van der Waals surface area contributed by atoms with Gasteiger partial charge in [-0.1, -0.05) is 12.1 Å². The van der Waals surface area contributed by atoms with Gasteiger partial charge >= 0.3 is 0 Å². The summed E-state index contributed by atoms with van der Waals surface area (Å²) in [6, 6.07) is 0.305. The van der Waals surface area contributed by atoms with E-state index in [1.807, 2.05) is 13.2 Å². The highest BCUT2D eigenvalue weighted by Crippen LogP contribution is 2.11. The fourth-order valence-electron chi connectivity index (χ4n) is 2.43. The summed E-state index contributed by atoms with van der Waals surface area (Å²) in [7, 11) is 4.05. The Labute approximate surface area is 115 Å². The van der Waals surface area contributed by atoms with Crippen molar-refractivity contribution >= 4 is 0 Å². The first-order valence-corrected chi connectivity index (χ1v) is 7.07. The van der Waals surface area contributed by atoms with Crippen molar-refractivity contribution in [1.29, 1.82) is 0 Å². The molecule has 0 saturated carbocycles. The predicted octanol–water partition coefficient (Wildman–Crippen LogP) is 0.0564. The van der Waals surface area contributed by atoms with Crippen molar-refractivity contribution in [1.82, 2.24) is 25.2 Å². The molecule has 1 saturated heterocycles. The van der Waals surface area contributed by atoms with Gasteiger partial charge in [-0.25, -0.2) is 0 Å². The number of aromatic nitrogens is 3. The van der Waals surface area contributed by atoms with Gasteiger partial charge in [-0.05, 0) is 20.0 Å². The molecule has 0 bridgehead atoms. The molecule has 6 nitrogen and oxygen atoms in total. The van der Waals surface area contributed by atoms with E-state index in [4.69, 9.17) is 4.74 Å². The van der Waals surface area contributed by atoms with Gasteiger partial charge in [0.25, 0.3) is 0 Å². The molecule has 1 fully saturated rings. The Hall–Kier alpha value is -0.980. The van der Waals surface area contributed by atoms with Gasteiger partial charge in [0.1, 0.15) is 0 Å². The van der Waals surface area contributed by atoms with Gasteiger partial charge < -0.3 is 15.0 Å². The van der Waals surface area contributed by atoms with Crippen LogP contribution < -0.4 is 5.32 Å². The van der Waals surface area contributed by atoms with Crippen LogP contribution in [0.2, 0.25) is 0 Å². The van der Waals surface area contributed by atoms with E-state index < -0.39 is 0 Å². The third kappa shape index (κ3) is 4.26. The van der Waals surface area contributed by atoms with E-state index in [1.165, 1.54) is 0 Å². The van der Waals surface area contributed by atoms with Gasteiger partial charge in [0.2, 0.25) is 0 Å². The Morgan fingerprint density at radius 1 is 1.53 bits per heavy atom. The van der Waals surface area contributed by atoms with Crippen molar-refractivity contribution in [2.75, 3.05) is 33.3 Å². The maximum Gasteiger partial charge on any atom is 0.0858 e. The Bertz CT molecular complexity index is 381. The lowest BCUT2D eigenvalue weighted by Crippen LogP contribution is -2.52. The molecular formula is C13H25N5O. The number of ether oxygens (including phenoxy) is 1. The quantitative estimate of drug-likeness (QED) is 0.790. The van der Waals surface area contributed by atoms with Crippen LogP contribution in [0, 0.1) is 0 Å². The Kier molecular flexibility index (Phi) is 5.30. The topological polar surface area (TPSA) is 55.2 Å². The second kappa shape index (κ2) is 6.98. The van der Waals surface area contributed by atoms with Gasteiger partial charge in [-0.2, -0.15) is 0 Å². The zero-order valence-corrected chi connectivity index (χ0v) is 12.2. The highest BCUT2D eigenvalue weighted by atomic mass is 16.5. The normalized spacial score (nSPS) is 22.6. The highest BCUT2D eigenvalue weighted by Gasteiger charge is 2.27. The van der Waals surface area contributed by atoms with Crippen molar-refractivity contribution < 1.29 is 4.74 Å². The molecule has 2 heterocycles. The maximum atomic E-state index is 5.93. The molecule has 0 spiro atoms. The molecule has 1 N–H and O–H groups in total. The average molecular weight is 267 g/mol. The molecule has 1 aromatic rings. The van der Waals surface area contributed by atoms with Gasteiger partial charge in [-0.15, -0.1) is 5.10 Å². The number of hydrogen-bond acceptors (Lipinski definition) is 5. The lowest BCUT2D eigenvalue weighted by molar-refractivity contribution is -0.0385. The second-order valence-corrected chi connectivity index (χ2v) is 5.32. The van der Waals surface area contributed by atoms with E-state index in [-0.39, 0.29) is 6.10 Å². The van der Waals surface area contributed by atoms with Crippen molar-refractivity contribution in [2.24, 2.45) is 7.05 Å². The molecule has 108 valence electrons. The molecule has 0 amide bonds. The Morgan fingerprint density at radius 3 is 3.00 bits per heavy atom. The van der Waals surface area contributed by atoms with E-state index in [0.29, 0.717) is 6.04 Å². The van der Waals surface area contributed by atoms with Crippen LogP contribution in [0.5, 0.6) is 0 Å². The molecule has 0 aromatic carbocycles. The standard InChI is InChI=1S/C13H25N5O/c1-4-5-14-12(8-11-9-18(3)16-15-11)13-10-17(2)6-7-19-13/h9,12-14H,4-8,10H2,1-3H3. The lowest BCUT2D eigenvalue weighted by atomic mass is 10.0. The molecule has 1 aliphatic heterocycles. The van der Waals surface area contributed by atoms with Crippen LogP contribution in [0.15, 0.2) is 6.20 Å². The average Bonchev–Trinajstić information content (AvgIpc) is 2.80. The Morgan fingerprint density at radius 2 is 2.37 bits per heavy atom. The van der Waals surface area contributed by atoms with E-state index >= 15 is 0 Å². The summed E-state index contributed by atoms with van der Waals surface area (Å²) in [5.41, 5.74) is 1.02. The van der Waals surface area contributed by atoms with Crippen LogP contribution in [-0.2, 0) is 18.2 Å². The van der Waals surface area contributed by atoms with E-state index in [9.17, 15) is 0 Å². The fraction of sp³-hybridized carbons (Fsp3) is 0.846. The Balaban J connectivity index is 1.97. The smallest absolute Gasteiger partial charge is 0.0858 e. The first-order valence-electron chi connectivity index (χ1n) is 7.07.